The van der Waals surface area contributed by atoms with E-state index in [1.807, 2.05) is 6.92 Å². The normalized spacial score (nSPS) is 39.6. The molecule has 0 spiro atoms. The Morgan fingerprint density at radius 2 is 1.86 bits per heavy atom. The first-order chi connectivity index (χ1) is 17.4. The smallest absolute Gasteiger partial charge is 0.406 e. The lowest BCUT2D eigenvalue weighted by atomic mass is 9.49. The van der Waals surface area contributed by atoms with Crippen LogP contribution in [-0.2, 0) is 11.3 Å². The van der Waals surface area contributed by atoms with Gasteiger partial charge in [0.25, 0.3) is 0 Å². The summed E-state index contributed by atoms with van der Waals surface area (Å²) in [5.41, 5.74) is 0.266. The Morgan fingerprint density at radius 1 is 1.08 bits per heavy atom. The molecule has 2 aromatic rings. The Hall–Kier alpha value is -2.16. The van der Waals surface area contributed by atoms with Gasteiger partial charge in [-0.05, 0) is 112 Å². The largest absolute Gasteiger partial charge is 0.573 e. The van der Waals surface area contributed by atoms with Gasteiger partial charge in [-0.15, -0.1) is 18.3 Å². The highest BCUT2D eigenvalue weighted by atomic mass is 19.4. The summed E-state index contributed by atoms with van der Waals surface area (Å²) in [6, 6.07) is 3.91. The van der Waals surface area contributed by atoms with Crippen molar-refractivity contribution in [3.63, 3.8) is 0 Å². The van der Waals surface area contributed by atoms with Gasteiger partial charge >= 0.3 is 6.36 Å². The van der Waals surface area contributed by atoms with Crippen molar-refractivity contribution in [2.75, 3.05) is 0 Å². The summed E-state index contributed by atoms with van der Waals surface area (Å²) < 4.78 is 43.2. The Morgan fingerprint density at radius 3 is 2.65 bits per heavy atom. The summed E-state index contributed by atoms with van der Waals surface area (Å²) in [6.07, 6.45) is 4.78. The minimum Gasteiger partial charge on any atom is -0.406 e. The molecule has 4 saturated carbocycles. The Kier molecular flexibility index (Phi) is 5.90. The minimum absolute atomic E-state index is 0.0185. The minimum atomic E-state index is -4.78. The molecule has 0 radical (unpaired) electrons. The van der Waals surface area contributed by atoms with E-state index in [9.17, 15) is 23.1 Å². The highest BCUT2D eigenvalue weighted by molar-refractivity contribution is 5.84. The Balaban J connectivity index is 1.16. The topological polar surface area (TPSA) is 77.2 Å². The second-order valence-corrected chi connectivity index (χ2v) is 12.8. The molecule has 202 valence electrons. The first kappa shape index (κ1) is 25.1. The van der Waals surface area contributed by atoms with Crippen molar-refractivity contribution < 1.29 is 27.8 Å². The average Bonchev–Trinajstić information content (AvgIpc) is 3.37. The first-order valence-electron chi connectivity index (χ1n) is 13.8. The molecule has 1 heterocycles. The number of carbonyl (C=O) groups excluding carboxylic acids is 1. The van der Waals surface area contributed by atoms with Gasteiger partial charge in [0.15, 0.2) is 5.78 Å². The van der Waals surface area contributed by atoms with Gasteiger partial charge in [0.1, 0.15) is 17.8 Å². The molecule has 0 bridgehead atoms. The van der Waals surface area contributed by atoms with E-state index in [-0.39, 0.29) is 34.9 Å². The van der Waals surface area contributed by atoms with Crippen LogP contribution in [0.2, 0.25) is 0 Å². The highest BCUT2D eigenvalue weighted by Crippen LogP contribution is 2.64. The van der Waals surface area contributed by atoms with Gasteiger partial charge in [0.05, 0.1) is 11.1 Å². The van der Waals surface area contributed by atoms with Crippen LogP contribution in [0.15, 0.2) is 18.2 Å². The molecule has 0 amide bonds. The van der Waals surface area contributed by atoms with E-state index in [2.05, 4.69) is 22.0 Å². The molecule has 1 aromatic heterocycles. The van der Waals surface area contributed by atoms with Crippen LogP contribution in [0.25, 0.3) is 11.0 Å². The van der Waals surface area contributed by atoms with Gasteiger partial charge in [-0.2, -0.15) is 0 Å². The number of ether oxygens (including phenoxy) is 1. The molecule has 6 nitrogen and oxygen atoms in total. The lowest BCUT2D eigenvalue weighted by molar-refractivity contribution is -0.274. The molecule has 4 aliphatic carbocycles. The van der Waals surface area contributed by atoms with Crippen LogP contribution in [0.1, 0.15) is 71.6 Å². The quantitative estimate of drug-likeness (QED) is 0.543. The maximum atomic E-state index is 13.6. The van der Waals surface area contributed by atoms with Crippen LogP contribution in [0.3, 0.4) is 0 Å². The summed E-state index contributed by atoms with van der Waals surface area (Å²) in [4.78, 5) is 13.6. The van der Waals surface area contributed by atoms with Crippen molar-refractivity contribution in [1.82, 2.24) is 15.0 Å². The molecule has 0 unspecified atom stereocenters. The molecule has 1 N–H and O–H groups in total. The predicted molar refractivity (Wildman–Crippen MR) is 130 cm³/mol. The number of halogens is 3. The molecule has 4 aliphatic rings. The fraction of sp³-hybridized carbons (Fsp3) is 0.750. The maximum Gasteiger partial charge on any atom is 0.573 e. The van der Waals surface area contributed by atoms with Crippen molar-refractivity contribution >= 4 is 16.8 Å². The van der Waals surface area contributed by atoms with Crippen molar-refractivity contribution in [2.45, 2.75) is 90.1 Å². The van der Waals surface area contributed by atoms with E-state index in [4.69, 9.17) is 0 Å². The van der Waals surface area contributed by atoms with E-state index in [1.165, 1.54) is 42.1 Å². The van der Waals surface area contributed by atoms with Gasteiger partial charge in [0, 0.05) is 12.0 Å². The SMILES string of the molecule is C[C@@]1(O)CC[C@H]2[C@H](CC[C@@H]3[C@@H]2CC[C@]2(C)[C@@H](C(=O)Cn4nnc5cc(OC(F)(F)F)ccc54)CC[C@@H]32)C1. The van der Waals surface area contributed by atoms with E-state index in [1.54, 1.807) is 0 Å². The van der Waals surface area contributed by atoms with Crippen LogP contribution in [-0.4, -0.2) is 37.8 Å². The summed E-state index contributed by atoms with van der Waals surface area (Å²) in [6.45, 7) is 4.40. The lowest BCUT2D eigenvalue weighted by Crippen LogP contribution is -2.51. The molecular formula is C28H36F3N3O3. The number of alkyl halides is 3. The number of aromatic nitrogens is 3. The third-order valence-corrected chi connectivity index (χ3v) is 10.7. The molecule has 6 rings (SSSR count). The van der Waals surface area contributed by atoms with Crippen molar-refractivity contribution in [2.24, 2.45) is 40.9 Å². The molecule has 37 heavy (non-hydrogen) atoms. The van der Waals surface area contributed by atoms with Crippen LogP contribution in [0.5, 0.6) is 5.75 Å². The number of ketones is 1. The standard InChI is InChI=1S/C28H36F3N3O3/c1-26(36)11-9-18-16(14-26)3-5-20-19(18)10-12-27(2)21(20)6-7-22(27)25(35)15-34-24-8-4-17(37-28(29,30)31)13-23(24)32-33-34/h4,8,13,16,18-22,36H,3,5-7,9-12,14-15H2,1-2H3/t16-,18+,19-,20-,21+,22-,26-,27+/m1/s1. The fourth-order valence-electron chi connectivity index (χ4n) is 9.13. The number of aliphatic hydroxyl groups is 1. The van der Waals surface area contributed by atoms with Crippen molar-refractivity contribution in [3.8, 4) is 5.75 Å². The van der Waals surface area contributed by atoms with Gasteiger partial charge in [-0.3, -0.25) is 4.79 Å². The number of benzene rings is 1. The number of carbonyl (C=O) groups is 1. The molecule has 4 fully saturated rings. The van der Waals surface area contributed by atoms with Crippen LogP contribution < -0.4 is 4.74 Å². The van der Waals surface area contributed by atoms with Gasteiger partial charge in [-0.25, -0.2) is 4.68 Å². The molecule has 0 saturated heterocycles. The number of nitrogens with zero attached hydrogens (tertiary/aromatic N) is 3. The molecule has 0 aliphatic heterocycles. The summed E-state index contributed by atoms with van der Waals surface area (Å²) in [5, 5.41) is 18.7. The first-order valence-corrected chi connectivity index (χ1v) is 13.8. The number of hydrogen-bond acceptors (Lipinski definition) is 5. The Labute approximate surface area is 214 Å². The summed E-state index contributed by atoms with van der Waals surface area (Å²) in [5.74, 6) is 3.05. The zero-order chi connectivity index (χ0) is 26.2. The van der Waals surface area contributed by atoms with Crippen LogP contribution in [0, 0.1) is 40.9 Å². The summed E-state index contributed by atoms with van der Waals surface area (Å²) in [7, 11) is 0. The fourth-order valence-corrected chi connectivity index (χ4v) is 9.13. The second kappa shape index (κ2) is 8.68. The monoisotopic (exact) mass is 519 g/mol. The van der Waals surface area contributed by atoms with Gasteiger partial charge in [-0.1, -0.05) is 12.1 Å². The van der Waals surface area contributed by atoms with Crippen LogP contribution >= 0.6 is 0 Å². The van der Waals surface area contributed by atoms with Gasteiger partial charge < -0.3 is 9.84 Å². The number of rotatable bonds is 4. The number of hydrogen-bond donors (Lipinski definition) is 1. The van der Waals surface area contributed by atoms with E-state index >= 15 is 0 Å². The number of fused-ring (bicyclic) bond motifs is 6. The van der Waals surface area contributed by atoms with E-state index in [0.29, 0.717) is 35.1 Å². The molecule has 8 atom stereocenters. The van der Waals surface area contributed by atoms with Crippen molar-refractivity contribution in [1.29, 1.82) is 0 Å². The Bertz CT molecular complexity index is 1190. The zero-order valence-corrected chi connectivity index (χ0v) is 21.5. The number of Topliss-reactive ketones (excluding diaryl/α,β-unsaturated/α-hetero) is 1. The van der Waals surface area contributed by atoms with Crippen LogP contribution in [0.4, 0.5) is 13.2 Å². The molecule has 9 heteroatoms. The zero-order valence-electron chi connectivity index (χ0n) is 21.5. The predicted octanol–water partition coefficient (Wildman–Crippen LogP) is 5.92. The lowest BCUT2D eigenvalue weighted by Gasteiger charge is -2.56. The maximum absolute atomic E-state index is 13.6. The van der Waals surface area contributed by atoms with Gasteiger partial charge in [0.2, 0.25) is 0 Å². The highest BCUT2D eigenvalue weighted by Gasteiger charge is 2.58. The molecule has 1 aromatic carbocycles. The summed E-state index contributed by atoms with van der Waals surface area (Å²) >= 11 is 0. The second-order valence-electron chi connectivity index (χ2n) is 12.8. The average molecular weight is 520 g/mol. The van der Waals surface area contributed by atoms with E-state index in [0.717, 1.165) is 38.5 Å². The molecular weight excluding hydrogens is 483 g/mol. The van der Waals surface area contributed by atoms with E-state index < -0.39 is 12.0 Å². The third kappa shape index (κ3) is 4.45. The third-order valence-electron chi connectivity index (χ3n) is 10.7. The van der Waals surface area contributed by atoms with Crippen molar-refractivity contribution in [3.05, 3.63) is 18.2 Å².